The molecule has 0 saturated heterocycles. The van der Waals surface area contributed by atoms with Gasteiger partial charge in [-0.25, -0.2) is 4.39 Å². The van der Waals surface area contributed by atoms with Crippen molar-refractivity contribution in [3.05, 3.63) is 71.0 Å². The first-order valence-corrected chi connectivity index (χ1v) is 8.47. The molecule has 23 heavy (non-hydrogen) atoms. The molecule has 0 fully saturated rings. The number of para-hydroxylation sites is 1. The van der Waals surface area contributed by atoms with Gasteiger partial charge in [-0.1, -0.05) is 42.0 Å². The second kappa shape index (κ2) is 5.62. The molecular formula is C17H15FN2O2S. The van der Waals surface area contributed by atoms with Crippen molar-refractivity contribution in [3.63, 3.8) is 0 Å². The number of sulfonamides is 1. The molecule has 118 valence electrons. The van der Waals surface area contributed by atoms with Gasteiger partial charge in [0.15, 0.2) is 0 Å². The summed E-state index contributed by atoms with van der Waals surface area (Å²) < 4.78 is 42.2. The Morgan fingerprint density at radius 3 is 2.30 bits per heavy atom. The Morgan fingerprint density at radius 1 is 1.00 bits per heavy atom. The monoisotopic (exact) mass is 330 g/mol. The molecule has 3 rings (SSSR count). The van der Waals surface area contributed by atoms with E-state index < -0.39 is 15.8 Å². The van der Waals surface area contributed by atoms with E-state index in [9.17, 15) is 12.8 Å². The number of anilines is 1. The van der Waals surface area contributed by atoms with E-state index in [-0.39, 0.29) is 16.4 Å². The number of amidine groups is 1. The summed E-state index contributed by atoms with van der Waals surface area (Å²) in [5.41, 5.74) is 2.26. The zero-order valence-electron chi connectivity index (χ0n) is 12.7. The van der Waals surface area contributed by atoms with Crippen molar-refractivity contribution < 1.29 is 12.8 Å². The molecule has 2 aromatic carbocycles. The summed E-state index contributed by atoms with van der Waals surface area (Å²) in [6, 6.07) is 13.2. The summed E-state index contributed by atoms with van der Waals surface area (Å²) in [5, 5.41) is 2.76. The number of hydrogen-bond acceptors (Lipinski definition) is 3. The second-order valence-electron chi connectivity index (χ2n) is 5.34. The minimum atomic E-state index is -3.80. The fourth-order valence-corrected chi connectivity index (χ4v) is 3.84. The highest BCUT2D eigenvalue weighted by atomic mass is 32.2. The molecule has 4 nitrogen and oxygen atoms in total. The van der Waals surface area contributed by atoms with Crippen LogP contribution in [0.1, 0.15) is 18.1 Å². The first kappa shape index (κ1) is 15.4. The number of rotatable bonds is 2. The third-order valence-electron chi connectivity index (χ3n) is 3.61. The van der Waals surface area contributed by atoms with E-state index in [0.717, 1.165) is 5.56 Å². The van der Waals surface area contributed by atoms with E-state index in [0.29, 0.717) is 11.1 Å². The Balaban J connectivity index is 2.04. The van der Waals surface area contributed by atoms with E-state index in [2.05, 4.69) is 9.71 Å². The van der Waals surface area contributed by atoms with Crippen LogP contribution in [0.25, 0.3) is 4.91 Å². The van der Waals surface area contributed by atoms with Crippen LogP contribution >= 0.6 is 0 Å². The largest absolute Gasteiger partial charge is 0.337 e. The van der Waals surface area contributed by atoms with Crippen LogP contribution in [0.5, 0.6) is 0 Å². The topological polar surface area (TPSA) is 58.5 Å². The van der Waals surface area contributed by atoms with Crippen LogP contribution in [0.15, 0.2) is 58.5 Å². The van der Waals surface area contributed by atoms with Crippen molar-refractivity contribution in [2.75, 3.05) is 5.32 Å². The van der Waals surface area contributed by atoms with Crippen LogP contribution in [-0.4, -0.2) is 14.3 Å². The van der Waals surface area contributed by atoms with Gasteiger partial charge in [0.05, 0.1) is 5.69 Å². The zero-order chi connectivity index (χ0) is 16.6. The zero-order valence-corrected chi connectivity index (χ0v) is 13.5. The van der Waals surface area contributed by atoms with E-state index in [1.54, 1.807) is 31.2 Å². The third kappa shape index (κ3) is 2.90. The molecule has 0 saturated carbocycles. The lowest BCUT2D eigenvalue weighted by atomic mass is 10.1. The summed E-state index contributed by atoms with van der Waals surface area (Å²) >= 11 is 0. The predicted octanol–water partition coefficient (Wildman–Crippen LogP) is 3.72. The lowest BCUT2D eigenvalue weighted by Gasteiger charge is -2.08. The minimum Gasteiger partial charge on any atom is -0.337 e. The highest BCUT2D eigenvalue weighted by molar-refractivity contribution is 8.00. The number of hydrogen-bond donors (Lipinski definition) is 1. The van der Waals surface area contributed by atoms with Crippen molar-refractivity contribution in [2.45, 2.75) is 13.8 Å². The molecule has 0 atom stereocenters. The average Bonchev–Trinajstić information content (AvgIpc) is 2.72. The molecule has 1 aliphatic heterocycles. The summed E-state index contributed by atoms with van der Waals surface area (Å²) in [7, 11) is -3.80. The van der Waals surface area contributed by atoms with Crippen molar-refractivity contribution in [1.82, 2.24) is 0 Å². The Hall–Kier alpha value is -2.47. The number of aryl methyl sites for hydroxylation is 1. The molecule has 0 bridgehead atoms. The average molecular weight is 330 g/mol. The van der Waals surface area contributed by atoms with E-state index in [1.165, 1.54) is 12.1 Å². The van der Waals surface area contributed by atoms with Crippen molar-refractivity contribution in [2.24, 2.45) is 4.40 Å². The Kier molecular flexibility index (Phi) is 3.77. The van der Waals surface area contributed by atoms with Gasteiger partial charge < -0.3 is 5.32 Å². The smallest absolute Gasteiger partial charge is 0.285 e. The van der Waals surface area contributed by atoms with Gasteiger partial charge in [-0.05, 0) is 31.5 Å². The van der Waals surface area contributed by atoms with Crippen molar-refractivity contribution >= 4 is 26.5 Å². The molecule has 1 aliphatic rings. The minimum absolute atomic E-state index is 0.144. The van der Waals surface area contributed by atoms with Gasteiger partial charge in [0.2, 0.25) is 0 Å². The fourth-order valence-electron chi connectivity index (χ4n) is 2.41. The van der Waals surface area contributed by atoms with Crippen LogP contribution in [0, 0.1) is 12.7 Å². The van der Waals surface area contributed by atoms with Crippen LogP contribution in [0.4, 0.5) is 10.1 Å². The second-order valence-corrected chi connectivity index (χ2v) is 6.88. The van der Waals surface area contributed by atoms with E-state index >= 15 is 0 Å². The molecule has 0 unspecified atom stereocenters. The van der Waals surface area contributed by atoms with Crippen molar-refractivity contribution in [3.8, 4) is 0 Å². The first-order chi connectivity index (χ1) is 10.9. The number of benzene rings is 2. The Morgan fingerprint density at radius 2 is 1.65 bits per heavy atom. The fraction of sp³-hybridized carbons (Fsp3) is 0.118. The summed E-state index contributed by atoms with van der Waals surface area (Å²) in [6.45, 7) is 3.59. The third-order valence-corrected chi connectivity index (χ3v) is 5.09. The molecule has 1 heterocycles. The Bertz CT molecular complexity index is 929. The van der Waals surface area contributed by atoms with Crippen LogP contribution < -0.4 is 5.32 Å². The standard InChI is InChI=1S/C17H15FN2O2S/c1-11-7-9-13(10-8-11)16-12(2)17(20-23(16,21)22)19-15-6-4-3-5-14(15)18/h3-10H,1-2H3,(H,19,20). The van der Waals surface area contributed by atoms with Crippen LogP contribution in [0.2, 0.25) is 0 Å². The van der Waals surface area contributed by atoms with Gasteiger partial charge in [-0.3, -0.25) is 0 Å². The molecule has 0 aliphatic carbocycles. The normalized spacial score (nSPS) is 16.4. The van der Waals surface area contributed by atoms with Gasteiger partial charge in [0.1, 0.15) is 16.6 Å². The molecule has 1 N–H and O–H groups in total. The first-order valence-electron chi connectivity index (χ1n) is 7.03. The molecule has 0 amide bonds. The summed E-state index contributed by atoms with van der Waals surface area (Å²) in [5.74, 6) is -0.324. The number of nitrogens with one attached hydrogen (secondary N) is 1. The molecule has 6 heteroatoms. The lowest BCUT2D eigenvalue weighted by Crippen LogP contribution is -2.12. The highest BCUT2D eigenvalue weighted by Gasteiger charge is 2.31. The Labute approximate surface area is 134 Å². The quantitative estimate of drug-likeness (QED) is 0.913. The highest BCUT2D eigenvalue weighted by Crippen LogP contribution is 2.33. The maximum absolute atomic E-state index is 13.7. The molecule has 0 aromatic heterocycles. The predicted molar refractivity (Wildman–Crippen MR) is 90.2 cm³/mol. The lowest BCUT2D eigenvalue weighted by molar-refractivity contribution is 0.608. The molecule has 0 radical (unpaired) electrons. The van der Waals surface area contributed by atoms with Crippen LogP contribution in [-0.2, 0) is 10.0 Å². The number of nitrogens with zero attached hydrogens (tertiary/aromatic N) is 1. The molecule has 0 spiro atoms. The molecule has 2 aromatic rings. The van der Waals surface area contributed by atoms with Gasteiger partial charge >= 0.3 is 0 Å². The van der Waals surface area contributed by atoms with Gasteiger partial charge in [0.25, 0.3) is 10.0 Å². The maximum Gasteiger partial charge on any atom is 0.285 e. The van der Waals surface area contributed by atoms with Gasteiger partial charge in [0, 0.05) is 5.57 Å². The SMILES string of the molecule is CC1=C(c2ccc(C)cc2)S(=O)(=O)N=C1Nc1ccccc1F. The summed E-state index contributed by atoms with van der Waals surface area (Å²) in [6.07, 6.45) is 0. The summed E-state index contributed by atoms with van der Waals surface area (Å²) in [4.78, 5) is 0.149. The van der Waals surface area contributed by atoms with Gasteiger partial charge in [-0.15, -0.1) is 4.40 Å². The van der Waals surface area contributed by atoms with E-state index in [1.807, 2.05) is 19.1 Å². The number of halogens is 1. The van der Waals surface area contributed by atoms with E-state index in [4.69, 9.17) is 0 Å². The maximum atomic E-state index is 13.7. The van der Waals surface area contributed by atoms with Gasteiger partial charge in [-0.2, -0.15) is 8.42 Å². The molecular weight excluding hydrogens is 315 g/mol. The van der Waals surface area contributed by atoms with Crippen molar-refractivity contribution in [1.29, 1.82) is 0 Å². The van der Waals surface area contributed by atoms with Crippen LogP contribution in [0.3, 0.4) is 0 Å².